The van der Waals surface area contributed by atoms with E-state index in [2.05, 4.69) is 10.3 Å². The van der Waals surface area contributed by atoms with Gasteiger partial charge in [-0.2, -0.15) is 0 Å². The molecule has 1 aromatic carbocycles. The topological polar surface area (TPSA) is 90.0 Å². The van der Waals surface area contributed by atoms with E-state index >= 15 is 0 Å². The van der Waals surface area contributed by atoms with Crippen LogP contribution in [0.3, 0.4) is 0 Å². The third kappa shape index (κ3) is 3.80. The summed E-state index contributed by atoms with van der Waals surface area (Å²) >= 11 is 8.72. The molecule has 0 aliphatic heterocycles. The zero-order chi connectivity index (χ0) is 19.7. The highest BCUT2D eigenvalue weighted by Gasteiger charge is 2.26. The quantitative estimate of drug-likeness (QED) is 0.578. The Bertz CT molecular complexity index is 1040. The van der Waals surface area contributed by atoms with Gasteiger partial charge in [0.2, 0.25) is 5.91 Å². The molecule has 0 unspecified atom stereocenters. The molecule has 0 atom stereocenters. The van der Waals surface area contributed by atoms with Gasteiger partial charge in [-0.25, -0.2) is 4.98 Å². The Labute approximate surface area is 175 Å². The molecular formula is C19H17ClN4O2S2. The highest BCUT2D eigenvalue weighted by molar-refractivity contribution is 7.99. The maximum Gasteiger partial charge on any atom is 0.251 e. The van der Waals surface area contributed by atoms with Gasteiger partial charge in [-0.05, 0) is 49.1 Å². The van der Waals surface area contributed by atoms with Crippen LogP contribution in [0.15, 0.2) is 41.8 Å². The number of hydrogen-bond donors (Lipinski definition) is 2. The molecule has 0 spiro atoms. The van der Waals surface area contributed by atoms with Gasteiger partial charge in [0.15, 0.2) is 5.16 Å². The molecule has 2 amide bonds. The number of benzene rings is 1. The maximum atomic E-state index is 12.5. The van der Waals surface area contributed by atoms with Gasteiger partial charge in [0.1, 0.15) is 5.00 Å². The molecule has 28 heavy (non-hydrogen) atoms. The average Bonchev–Trinajstić information content (AvgIpc) is 3.36. The van der Waals surface area contributed by atoms with Crippen molar-refractivity contribution in [2.45, 2.75) is 24.4 Å². The van der Waals surface area contributed by atoms with Gasteiger partial charge in [0.05, 0.1) is 11.3 Å². The Balaban J connectivity index is 1.45. The van der Waals surface area contributed by atoms with Crippen LogP contribution < -0.4 is 11.1 Å². The second-order valence-corrected chi connectivity index (χ2v) is 8.80. The lowest BCUT2D eigenvalue weighted by Crippen LogP contribution is -2.19. The number of fused-ring (bicyclic) bond motifs is 1. The van der Waals surface area contributed by atoms with Crippen LogP contribution in [-0.2, 0) is 17.6 Å². The number of carbonyl (C=O) groups excluding carboxylic acids is 2. The van der Waals surface area contributed by atoms with Crippen LogP contribution in [-0.4, -0.2) is 27.1 Å². The largest absolute Gasteiger partial charge is 0.365 e. The number of halogens is 1. The standard InChI is InChI=1S/C19H17ClN4O2S2/c20-11-4-6-12(7-5-11)24-9-8-22-19(24)27-10-15(25)23-18-16(17(21)26)13-2-1-3-14(13)28-18/h4-9H,1-3,10H2,(H2,21,26)(H,23,25). The number of aromatic nitrogens is 2. The molecule has 6 nitrogen and oxygen atoms in total. The first kappa shape index (κ1) is 19.0. The number of aryl methyl sites for hydroxylation is 1. The van der Waals surface area contributed by atoms with E-state index in [1.807, 2.05) is 22.9 Å². The van der Waals surface area contributed by atoms with E-state index in [9.17, 15) is 9.59 Å². The Morgan fingerprint density at radius 1 is 1.29 bits per heavy atom. The summed E-state index contributed by atoms with van der Waals surface area (Å²) in [6, 6.07) is 7.39. The van der Waals surface area contributed by atoms with E-state index < -0.39 is 5.91 Å². The van der Waals surface area contributed by atoms with Crippen LogP contribution in [0.1, 0.15) is 27.2 Å². The van der Waals surface area contributed by atoms with Crippen molar-refractivity contribution in [3.05, 3.63) is 57.7 Å². The lowest BCUT2D eigenvalue weighted by atomic mass is 10.1. The van der Waals surface area contributed by atoms with E-state index in [-0.39, 0.29) is 11.7 Å². The third-order valence-electron chi connectivity index (χ3n) is 4.46. The van der Waals surface area contributed by atoms with E-state index in [1.165, 1.54) is 23.1 Å². The number of thioether (sulfide) groups is 1. The third-order valence-corrected chi connectivity index (χ3v) is 6.89. The fraction of sp³-hybridized carbons (Fsp3) is 0.211. The zero-order valence-corrected chi connectivity index (χ0v) is 17.2. The average molecular weight is 433 g/mol. The van der Waals surface area contributed by atoms with Crippen molar-refractivity contribution in [3.8, 4) is 5.69 Å². The van der Waals surface area contributed by atoms with Gasteiger partial charge in [0.25, 0.3) is 5.91 Å². The van der Waals surface area contributed by atoms with E-state index in [4.69, 9.17) is 17.3 Å². The monoisotopic (exact) mass is 432 g/mol. The van der Waals surface area contributed by atoms with Gasteiger partial charge in [-0.1, -0.05) is 23.4 Å². The summed E-state index contributed by atoms with van der Waals surface area (Å²) < 4.78 is 1.89. The fourth-order valence-corrected chi connectivity index (χ4v) is 5.45. The minimum absolute atomic E-state index is 0.172. The highest BCUT2D eigenvalue weighted by Crippen LogP contribution is 2.39. The Morgan fingerprint density at radius 3 is 2.82 bits per heavy atom. The SMILES string of the molecule is NC(=O)c1c(NC(=O)CSc2nccn2-c2ccc(Cl)cc2)sc2c1CCC2. The molecule has 144 valence electrons. The molecule has 1 aliphatic rings. The Morgan fingerprint density at radius 2 is 2.07 bits per heavy atom. The van der Waals surface area contributed by atoms with Gasteiger partial charge < -0.3 is 11.1 Å². The number of imidazole rings is 1. The van der Waals surface area contributed by atoms with Gasteiger partial charge in [0, 0.05) is 28.0 Å². The Kier molecular flexibility index (Phi) is 5.43. The van der Waals surface area contributed by atoms with Crippen molar-refractivity contribution in [1.82, 2.24) is 9.55 Å². The summed E-state index contributed by atoms with van der Waals surface area (Å²) in [5.41, 5.74) is 7.92. The molecule has 3 N–H and O–H groups in total. The highest BCUT2D eigenvalue weighted by atomic mass is 35.5. The number of nitrogens with one attached hydrogen (secondary N) is 1. The van der Waals surface area contributed by atoms with Gasteiger partial charge in [-0.3, -0.25) is 14.2 Å². The van der Waals surface area contributed by atoms with Crippen LogP contribution in [0.5, 0.6) is 0 Å². The van der Waals surface area contributed by atoms with Gasteiger partial charge in [-0.15, -0.1) is 11.3 Å². The predicted molar refractivity (Wildman–Crippen MR) is 113 cm³/mol. The summed E-state index contributed by atoms with van der Waals surface area (Å²) in [7, 11) is 0. The number of anilines is 1. The minimum atomic E-state index is -0.486. The van der Waals surface area contributed by atoms with Crippen molar-refractivity contribution >= 4 is 51.5 Å². The molecule has 3 aromatic rings. The molecule has 0 saturated carbocycles. The molecule has 0 saturated heterocycles. The van der Waals surface area contributed by atoms with Crippen LogP contribution in [0.2, 0.25) is 5.02 Å². The number of amides is 2. The second kappa shape index (κ2) is 7.98. The van der Waals surface area contributed by atoms with Crippen molar-refractivity contribution < 1.29 is 9.59 Å². The second-order valence-electron chi connectivity index (χ2n) is 6.32. The Hall–Kier alpha value is -2.29. The molecule has 4 rings (SSSR count). The van der Waals surface area contributed by atoms with E-state index in [0.717, 1.165) is 35.4 Å². The molecule has 9 heteroatoms. The predicted octanol–water partition coefficient (Wildman–Crippen LogP) is 3.91. The molecule has 0 fully saturated rings. The number of nitrogens with zero attached hydrogens (tertiary/aromatic N) is 2. The van der Waals surface area contributed by atoms with E-state index in [0.29, 0.717) is 20.7 Å². The first-order chi connectivity index (χ1) is 13.5. The molecule has 0 radical (unpaired) electrons. The normalized spacial score (nSPS) is 12.8. The zero-order valence-electron chi connectivity index (χ0n) is 14.8. The number of hydrogen-bond acceptors (Lipinski definition) is 5. The van der Waals surface area contributed by atoms with E-state index in [1.54, 1.807) is 18.3 Å². The summed E-state index contributed by atoms with van der Waals surface area (Å²) in [6.45, 7) is 0. The van der Waals surface area contributed by atoms with Crippen molar-refractivity contribution in [1.29, 1.82) is 0 Å². The van der Waals surface area contributed by atoms with Crippen LogP contribution in [0.25, 0.3) is 5.69 Å². The van der Waals surface area contributed by atoms with Crippen LogP contribution in [0, 0.1) is 0 Å². The maximum absolute atomic E-state index is 12.5. The fourth-order valence-electron chi connectivity index (χ4n) is 3.24. The van der Waals surface area contributed by atoms with Gasteiger partial charge >= 0.3 is 0 Å². The number of primary amides is 1. The number of carbonyl (C=O) groups is 2. The van der Waals surface area contributed by atoms with Crippen molar-refractivity contribution in [2.75, 3.05) is 11.1 Å². The molecule has 2 heterocycles. The number of thiophene rings is 1. The summed E-state index contributed by atoms with van der Waals surface area (Å²) in [5, 5.41) is 4.77. The lowest BCUT2D eigenvalue weighted by molar-refractivity contribution is -0.113. The molecule has 0 bridgehead atoms. The molecular weight excluding hydrogens is 416 g/mol. The molecule has 1 aliphatic carbocycles. The first-order valence-corrected chi connectivity index (χ1v) is 10.9. The first-order valence-electron chi connectivity index (χ1n) is 8.69. The lowest BCUT2D eigenvalue weighted by Gasteiger charge is -2.08. The summed E-state index contributed by atoms with van der Waals surface area (Å²) in [4.78, 5) is 29.8. The van der Waals surface area contributed by atoms with Crippen LogP contribution in [0.4, 0.5) is 5.00 Å². The minimum Gasteiger partial charge on any atom is -0.365 e. The smallest absolute Gasteiger partial charge is 0.251 e. The summed E-state index contributed by atoms with van der Waals surface area (Å²) in [5.74, 6) is -0.510. The number of rotatable bonds is 6. The van der Waals surface area contributed by atoms with Crippen LogP contribution >= 0.6 is 34.7 Å². The van der Waals surface area contributed by atoms with Crippen molar-refractivity contribution in [3.63, 3.8) is 0 Å². The number of nitrogens with two attached hydrogens (primary N) is 1. The van der Waals surface area contributed by atoms with Crippen molar-refractivity contribution in [2.24, 2.45) is 5.73 Å². The molecule has 2 aromatic heterocycles. The summed E-state index contributed by atoms with van der Waals surface area (Å²) in [6.07, 6.45) is 6.32.